The zero-order valence-electron chi connectivity index (χ0n) is 19.4. The zero-order chi connectivity index (χ0) is 24.6. The Morgan fingerprint density at radius 3 is 2.26 bits per heavy atom. The maximum absolute atomic E-state index is 13.3. The van der Waals surface area contributed by atoms with E-state index in [1.165, 1.54) is 37.6 Å². The van der Waals surface area contributed by atoms with Gasteiger partial charge in [0, 0.05) is 17.1 Å². The van der Waals surface area contributed by atoms with Gasteiger partial charge in [-0.05, 0) is 43.2 Å². The van der Waals surface area contributed by atoms with Crippen LogP contribution in [0.2, 0.25) is 0 Å². The Hall–Kier alpha value is -3.85. The molecule has 0 bridgehead atoms. The number of Topliss-reactive ketones (excluding diaryl/α,β-unsaturated/α-hetero) is 1. The Morgan fingerprint density at radius 1 is 1.03 bits per heavy atom. The number of hydrogen-bond donors (Lipinski definition) is 1. The van der Waals surface area contributed by atoms with Crippen molar-refractivity contribution in [1.29, 1.82) is 0 Å². The van der Waals surface area contributed by atoms with Crippen LogP contribution < -0.4 is 19.1 Å². The number of rotatable bonds is 6. The third-order valence-corrected chi connectivity index (χ3v) is 6.49. The number of aromatic nitrogens is 1. The Morgan fingerprint density at radius 2 is 1.71 bits per heavy atom. The molecule has 0 saturated carbocycles. The summed E-state index contributed by atoms with van der Waals surface area (Å²) in [5.74, 6) is -0.749. The van der Waals surface area contributed by atoms with Crippen LogP contribution in [0.5, 0.6) is 17.2 Å². The molecule has 1 unspecified atom stereocenters. The number of aliphatic hydroxyl groups excluding tert-OH is 1. The van der Waals surface area contributed by atoms with E-state index in [1.54, 1.807) is 29.8 Å². The number of benzene rings is 2. The maximum Gasteiger partial charge on any atom is 0.301 e. The van der Waals surface area contributed by atoms with Crippen LogP contribution in [0.1, 0.15) is 28.3 Å². The molecule has 1 fully saturated rings. The fourth-order valence-electron chi connectivity index (χ4n) is 4.08. The smallest absolute Gasteiger partial charge is 0.301 e. The van der Waals surface area contributed by atoms with Gasteiger partial charge >= 0.3 is 5.91 Å². The molecule has 1 aliphatic heterocycles. The van der Waals surface area contributed by atoms with Crippen molar-refractivity contribution in [2.24, 2.45) is 0 Å². The van der Waals surface area contributed by atoms with Gasteiger partial charge in [-0.2, -0.15) is 0 Å². The van der Waals surface area contributed by atoms with E-state index in [1.807, 2.05) is 26.0 Å². The number of carbonyl (C=O) groups is 2. The molecule has 34 heavy (non-hydrogen) atoms. The zero-order valence-corrected chi connectivity index (χ0v) is 20.2. The minimum absolute atomic E-state index is 0.0387. The first-order valence-electron chi connectivity index (χ1n) is 10.4. The largest absolute Gasteiger partial charge is 0.507 e. The quantitative estimate of drug-likeness (QED) is 0.317. The summed E-state index contributed by atoms with van der Waals surface area (Å²) in [6.07, 6.45) is 1.55. The molecule has 2 aromatic carbocycles. The molecule has 4 rings (SSSR count). The summed E-state index contributed by atoms with van der Waals surface area (Å²) in [4.78, 5) is 32.1. The standard InChI is InChI=1S/C25H24N2O6S/c1-13-6-7-14(2)16(10-13)21(28)19-20(27(24(30)22(19)29)25-26-8-9-34-25)15-11-17(31-3)23(33-5)18(12-15)32-4/h6-12,20,28H,1-5H3/b21-19+. The van der Waals surface area contributed by atoms with Gasteiger partial charge in [0.15, 0.2) is 16.6 Å². The first-order chi connectivity index (χ1) is 16.3. The predicted molar refractivity (Wildman–Crippen MR) is 129 cm³/mol. The van der Waals surface area contributed by atoms with Crippen LogP contribution in [0.25, 0.3) is 5.76 Å². The van der Waals surface area contributed by atoms with Gasteiger partial charge < -0.3 is 19.3 Å². The second-order valence-corrected chi connectivity index (χ2v) is 8.63. The molecule has 8 nitrogen and oxygen atoms in total. The topological polar surface area (TPSA) is 98.2 Å². The van der Waals surface area contributed by atoms with Crippen LogP contribution in [0.15, 0.2) is 47.5 Å². The molecule has 1 aromatic heterocycles. The van der Waals surface area contributed by atoms with Crippen molar-refractivity contribution < 1.29 is 28.9 Å². The molecule has 9 heteroatoms. The highest BCUT2D eigenvalue weighted by Crippen LogP contribution is 2.47. The number of ether oxygens (including phenoxy) is 3. The predicted octanol–water partition coefficient (Wildman–Crippen LogP) is 4.41. The van der Waals surface area contributed by atoms with Crippen molar-refractivity contribution in [2.75, 3.05) is 26.2 Å². The molecule has 0 aliphatic carbocycles. The van der Waals surface area contributed by atoms with Gasteiger partial charge in [-0.15, -0.1) is 11.3 Å². The minimum Gasteiger partial charge on any atom is -0.507 e. The van der Waals surface area contributed by atoms with Crippen LogP contribution in [0, 0.1) is 13.8 Å². The summed E-state index contributed by atoms with van der Waals surface area (Å²) in [6.45, 7) is 3.72. The molecule has 1 aliphatic rings. The molecule has 1 N–H and O–H groups in total. The highest BCUT2D eigenvalue weighted by molar-refractivity contribution is 7.14. The third kappa shape index (κ3) is 3.77. The molecule has 2 heterocycles. The normalized spacial score (nSPS) is 17.2. The Labute approximate surface area is 201 Å². The number of aliphatic hydroxyl groups is 1. The molecule has 1 atom stereocenters. The molecule has 0 spiro atoms. The van der Waals surface area contributed by atoms with Gasteiger partial charge in [-0.3, -0.25) is 14.5 Å². The summed E-state index contributed by atoms with van der Waals surface area (Å²) >= 11 is 1.22. The molecule has 1 amide bonds. The summed E-state index contributed by atoms with van der Waals surface area (Å²) < 4.78 is 16.4. The van der Waals surface area contributed by atoms with Crippen molar-refractivity contribution in [3.63, 3.8) is 0 Å². The summed E-state index contributed by atoms with van der Waals surface area (Å²) in [5, 5.41) is 13.4. The SMILES string of the molecule is COc1cc(C2/C(=C(\O)c3cc(C)ccc3C)C(=O)C(=O)N2c2nccs2)cc(OC)c1OC. The van der Waals surface area contributed by atoms with Crippen LogP contribution in [0.4, 0.5) is 5.13 Å². The first-order valence-corrected chi connectivity index (χ1v) is 11.3. The fourth-order valence-corrected chi connectivity index (χ4v) is 4.74. The Bertz CT molecular complexity index is 1270. The Balaban J connectivity index is 2.03. The van der Waals surface area contributed by atoms with Crippen molar-refractivity contribution in [3.8, 4) is 17.2 Å². The van der Waals surface area contributed by atoms with Crippen molar-refractivity contribution in [1.82, 2.24) is 4.98 Å². The number of anilines is 1. The number of hydrogen-bond acceptors (Lipinski definition) is 8. The van der Waals surface area contributed by atoms with Crippen LogP contribution in [-0.4, -0.2) is 43.1 Å². The van der Waals surface area contributed by atoms with E-state index in [2.05, 4.69) is 4.98 Å². The van der Waals surface area contributed by atoms with E-state index in [0.717, 1.165) is 11.1 Å². The monoisotopic (exact) mass is 480 g/mol. The Kier molecular flexibility index (Phi) is 6.30. The second kappa shape index (κ2) is 9.18. The molecule has 1 saturated heterocycles. The number of carbonyl (C=O) groups excluding carboxylic acids is 2. The lowest BCUT2D eigenvalue weighted by Gasteiger charge is -2.24. The fraction of sp³-hybridized carbons (Fsp3) is 0.240. The van der Waals surface area contributed by atoms with Crippen molar-refractivity contribution >= 4 is 33.9 Å². The van der Waals surface area contributed by atoms with Gasteiger partial charge in [0.1, 0.15) is 5.76 Å². The molecule has 176 valence electrons. The lowest BCUT2D eigenvalue weighted by atomic mass is 9.93. The number of thiazole rings is 1. The van der Waals surface area contributed by atoms with Crippen LogP contribution >= 0.6 is 11.3 Å². The average molecular weight is 481 g/mol. The van der Waals surface area contributed by atoms with E-state index >= 15 is 0 Å². The van der Waals surface area contributed by atoms with Gasteiger partial charge in [0.2, 0.25) is 5.75 Å². The molecular formula is C25H24N2O6S. The lowest BCUT2D eigenvalue weighted by Crippen LogP contribution is -2.29. The van der Waals surface area contributed by atoms with Crippen molar-refractivity contribution in [2.45, 2.75) is 19.9 Å². The average Bonchev–Trinajstić information content (AvgIpc) is 3.45. The van der Waals surface area contributed by atoms with E-state index in [0.29, 0.717) is 33.5 Å². The highest BCUT2D eigenvalue weighted by atomic mass is 32.1. The van der Waals surface area contributed by atoms with E-state index in [4.69, 9.17) is 14.2 Å². The first kappa shape index (κ1) is 23.3. The molecular weight excluding hydrogens is 456 g/mol. The number of ketones is 1. The second-order valence-electron chi connectivity index (χ2n) is 7.76. The number of aryl methyl sites for hydroxylation is 2. The maximum atomic E-state index is 13.3. The summed E-state index contributed by atoms with van der Waals surface area (Å²) in [5.41, 5.74) is 2.62. The number of amides is 1. The molecule has 3 aromatic rings. The summed E-state index contributed by atoms with van der Waals surface area (Å²) in [7, 11) is 4.45. The summed E-state index contributed by atoms with van der Waals surface area (Å²) in [6, 6.07) is 7.92. The van der Waals surface area contributed by atoms with E-state index in [9.17, 15) is 14.7 Å². The van der Waals surface area contributed by atoms with Gasteiger partial charge in [0.25, 0.3) is 5.78 Å². The highest BCUT2D eigenvalue weighted by Gasteiger charge is 2.48. The van der Waals surface area contributed by atoms with Crippen LogP contribution in [-0.2, 0) is 9.59 Å². The van der Waals surface area contributed by atoms with Gasteiger partial charge in [-0.25, -0.2) is 4.98 Å². The van der Waals surface area contributed by atoms with Gasteiger partial charge in [-0.1, -0.05) is 17.7 Å². The van der Waals surface area contributed by atoms with E-state index in [-0.39, 0.29) is 11.3 Å². The van der Waals surface area contributed by atoms with Gasteiger partial charge in [0.05, 0.1) is 32.9 Å². The van der Waals surface area contributed by atoms with Crippen LogP contribution in [0.3, 0.4) is 0 Å². The lowest BCUT2D eigenvalue weighted by molar-refractivity contribution is -0.132. The number of nitrogens with zero attached hydrogens (tertiary/aromatic N) is 2. The number of methoxy groups -OCH3 is 3. The van der Waals surface area contributed by atoms with Crippen molar-refractivity contribution in [3.05, 3.63) is 69.7 Å². The minimum atomic E-state index is -0.959. The van der Waals surface area contributed by atoms with E-state index < -0.39 is 17.7 Å². The third-order valence-electron chi connectivity index (χ3n) is 5.72. The molecule has 0 radical (unpaired) electrons.